The van der Waals surface area contributed by atoms with Gasteiger partial charge in [0.2, 0.25) is 0 Å². The van der Waals surface area contributed by atoms with E-state index in [4.69, 9.17) is 5.11 Å². The molecule has 2 rings (SSSR count). The van der Waals surface area contributed by atoms with Gasteiger partial charge in [-0.2, -0.15) is 0 Å². The van der Waals surface area contributed by atoms with Gasteiger partial charge >= 0.3 is 5.97 Å². The van der Waals surface area contributed by atoms with Crippen LogP contribution in [0.2, 0.25) is 0 Å². The molecule has 20 heavy (non-hydrogen) atoms. The molecule has 0 amide bonds. The maximum atomic E-state index is 12.0. The number of benzene rings is 1. The van der Waals surface area contributed by atoms with Crippen LogP contribution in [-0.4, -0.2) is 30.7 Å². The first-order valence-electron chi connectivity index (χ1n) is 5.90. The molecule has 7 heteroatoms. The third-order valence-corrected chi connectivity index (χ3v) is 4.38. The highest BCUT2D eigenvalue weighted by molar-refractivity contribution is 7.95. The third-order valence-electron chi connectivity index (χ3n) is 2.93. The number of sulfonamides is 1. The zero-order chi connectivity index (χ0) is 14.9. The highest BCUT2D eigenvalue weighted by Gasteiger charge is 2.19. The predicted octanol–water partition coefficient (Wildman–Crippen LogP) is 1.77. The normalized spacial score (nSPS) is 11.4. The summed E-state index contributed by atoms with van der Waals surface area (Å²) in [5.41, 5.74) is 0.613. The van der Waals surface area contributed by atoms with E-state index in [2.05, 4.69) is 6.58 Å². The predicted molar refractivity (Wildman–Crippen MR) is 76.8 cm³/mol. The minimum Gasteiger partial charge on any atom is -0.478 e. The van der Waals surface area contributed by atoms with E-state index in [9.17, 15) is 13.2 Å². The van der Waals surface area contributed by atoms with Gasteiger partial charge in [-0.3, -0.25) is 4.68 Å². The first-order chi connectivity index (χ1) is 9.40. The molecule has 0 fully saturated rings. The molecule has 2 aromatic rings. The van der Waals surface area contributed by atoms with Crippen molar-refractivity contribution in [3.63, 3.8) is 0 Å². The number of carboxylic acids is 1. The maximum absolute atomic E-state index is 12.0. The molecule has 1 aromatic heterocycles. The molecule has 1 aromatic carbocycles. The first kappa shape index (κ1) is 14.1. The van der Waals surface area contributed by atoms with Gasteiger partial charge < -0.3 is 5.11 Å². The summed E-state index contributed by atoms with van der Waals surface area (Å²) in [5.74, 6) is -1.06. The Kier molecular flexibility index (Phi) is 3.54. The van der Waals surface area contributed by atoms with Crippen molar-refractivity contribution in [1.29, 1.82) is 0 Å². The van der Waals surface area contributed by atoms with Crippen molar-refractivity contribution < 1.29 is 18.3 Å². The number of aromatic nitrogens is 1. The van der Waals surface area contributed by atoms with Crippen LogP contribution in [0.1, 0.15) is 17.3 Å². The quantitative estimate of drug-likeness (QED) is 0.911. The van der Waals surface area contributed by atoms with Gasteiger partial charge in [-0.05, 0) is 25.1 Å². The van der Waals surface area contributed by atoms with Crippen molar-refractivity contribution >= 4 is 26.9 Å². The van der Waals surface area contributed by atoms with Crippen LogP contribution in [0.25, 0.3) is 10.9 Å². The molecule has 0 unspecified atom stereocenters. The molecule has 0 aliphatic carbocycles. The lowest BCUT2D eigenvalue weighted by molar-refractivity contribution is 0.0697. The van der Waals surface area contributed by atoms with Gasteiger partial charge in [-0.25, -0.2) is 17.6 Å². The highest BCUT2D eigenvalue weighted by atomic mass is 32.2. The SMILES string of the molecule is C=CS(=O)(=O)N(CC)n1ccc2ccc(C(=O)O)cc21. The van der Waals surface area contributed by atoms with Gasteiger partial charge in [-0.1, -0.05) is 12.6 Å². The van der Waals surface area contributed by atoms with Crippen LogP contribution in [0.15, 0.2) is 42.4 Å². The smallest absolute Gasteiger partial charge is 0.335 e. The number of rotatable bonds is 5. The molecule has 0 aliphatic heterocycles. The Bertz CT molecular complexity index is 777. The van der Waals surface area contributed by atoms with E-state index < -0.39 is 16.0 Å². The van der Waals surface area contributed by atoms with Gasteiger partial charge in [-0.15, -0.1) is 0 Å². The van der Waals surface area contributed by atoms with E-state index in [1.54, 1.807) is 25.3 Å². The Labute approximate surface area is 116 Å². The van der Waals surface area contributed by atoms with E-state index in [0.29, 0.717) is 5.52 Å². The molecule has 0 saturated carbocycles. The van der Waals surface area contributed by atoms with Gasteiger partial charge in [0, 0.05) is 23.5 Å². The fourth-order valence-electron chi connectivity index (χ4n) is 1.98. The van der Waals surface area contributed by atoms with Gasteiger partial charge in [0.25, 0.3) is 10.0 Å². The van der Waals surface area contributed by atoms with E-state index in [-0.39, 0.29) is 12.1 Å². The molecule has 0 spiro atoms. The summed E-state index contributed by atoms with van der Waals surface area (Å²) in [5, 5.41) is 10.6. The molecule has 0 radical (unpaired) electrons. The summed E-state index contributed by atoms with van der Waals surface area (Å²) < 4.78 is 26.5. The van der Waals surface area contributed by atoms with E-state index in [1.165, 1.54) is 16.8 Å². The average Bonchev–Trinajstić information content (AvgIpc) is 2.82. The lowest BCUT2D eigenvalue weighted by atomic mass is 10.2. The molecular formula is C13H14N2O4S. The summed E-state index contributed by atoms with van der Waals surface area (Å²) in [6.07, 6.45) is 1.58. The van der Waals surface area contributed by atoms with Gasteiger partial charge in [0.1, 0.15) is 0 Å². The largest absolute Gasteiger partial charge is 0.478 e. The lowest BCUT2D eigenvalue weighted by Gasteiger charge is -2.22. The summed E-state index contributed by atoms with van der Waals surface area (Å²) >= 11 is 0. The molecule has 0 saturated heterocycles. The molecule has 1 N–H and O–H groups in total. The van der Waals surface area contributed by atoms with Crippen LogP contribution in [0, 0.1) is 0 Å². The first-order valence-corrected chi connectivity index (χ1v) is 7.41. The van der Waals surface area contributed by atoms with Crippen LogP contribution < -0.4 is 4.41 Å². The van der Waals surface area contributed by atoms with Crippen molar-refractivity contribution in [2.45, 2.75) is 6.92 Å². The molecule has 0 bridgehead atoms. The minimum atomic E-state index is -3.65. The Morgan fingerprint density at radius 3 is 2.70 bits per heavy atom. The van der Waals surface area contributed by atoms with Crippen LogP contribution >= 0.6 is 0 Å². The number of carboxylic acid groups (broad SMARTS) is 1. The summed E-state index contributed by atoms with van der Waals surface area (Å²) in [7, 11) is -3.65. The second-order valence-corrected chi connectivity index (χ2v) is 5.87. The number of fused-ring (bicyclic) bond motifs is 1. The zero-order valence-electron chi connectivity index (χ0n) is 10.9. The minimum absolute atomic E-state index is 0.101. The molecular weight excluding hydrogens is 280 g/mol. The van der Waals surface area contributed by atoms with Crippen LogP contribution in [-0.2, 0) is 10.0 Å². The van der Waals surface area contributed by atoms with Crippen molar-refractivity contribution in [3.8, 4) is 0 Å². The van der Waals surface area contributed by atoms with Crippen molar-refractivity contribution in [2.24, 2.45) is 0 Å². The zero-order valence-corrected chi connectivity index (χ0v) is 11.7. The fourth-order valence-corrected chi connectivity index (χ4v) is 2.90. The van der Waals surface area contributed by atoms with Crippen LogP contribution in [0.3, 0.4) is 0 Å². The molecule has 1 heterocycles. The molecule has 6 nitrogen and oxygen atoms in total. The van der Waals surface area contributed by atoms with Gasteiger partial charge in [0.15, 0.2) is 0 Å². The fraction of sp³-hybridized carbons (Fsp3) is 0.154. The molecule has 106 valence electrons. The number of hydrogen-bond donors (Lipinski definition) is 1. The molecule has 0 atom stereocenters. The lowest BCUT2D eigenvalue weighted by Crippen LogP contribution is -2.38. The van der Waals surface area contributed by atoms with Gasteiger partial charge in [0.05, 0.1) is 11.1 Å². The second-order valence-electron chi connectivity index (χ2n) is 4.09. The van der Waals surface area contributed by atoms with Crippen LogP contribution in [0.4, 0.5) is 0 Å². The molecule has 0 aliphatic rings. The van der Waals surface area contributed by atoms with Crippen molar-refractivity contribution in [1.82, 2.24) is 4.68 Å². The number of hydrogen-bond acceptors (Lipinski definition) is 3. The van der Waals surface area contributed by atoms with Crippen molar-refractivity contribution in [3.05, 3.63) is 48.0 Å². The Morgan fingerprint density at radius 1 is 1.45 bits per heavy atom. The number of carbonyl (C=O) groups is 1. The summed E-state index contributed by atoms with van der Waals surface area (Å²) in [6, 6.07) is 6.29. The maximum Gasteiger partial charge on any atom is 0.335 e. The Balaban J connectivity index is 2.67. The average molecular weight is 294 g/mol. The van der Waals surface area contributed by atoms with E-state index in [1.807, 2.05) is 0 Å². The number of aromatic carboxylic acids is 1. The van der Waals surface area contributed by atoms with E-state index in [0.717, 1.165) is 15.2 Å². The van der Waals surface area contributed by atoms with Crippen LogP contribution in [0.5, 0.6) is 0 Å². The summed E-state index contributed by atoms with van der Waals surface area (Å²) in [6.45, 7) is 5.19. The Hall–Kier alpha value is -2.28. The second kappa shape index (κ2) is 5.01. The van der Waals surface area contributed by atoms with E-state index >= 15 is 0 Å². The number of nitrogens with zero attached hydrogens (tertiary/aromatic N) is 2. The Morgan fingerprint density at radius 2 is 2.15 bits per heavy atom. The monoisotopic (exact) mass is 294 g/mol. The third kappa shape index (κ3) is 2.27. The highest BCUT2D eigenvalue weighted by Crippen LogP contribution is 2.19. The standard InChI is InChI=1S/C13H14N2O4S/c1-3-15(20(18,19)4-2)14-8-7-10-5-6-11(13(16)17)9-12(10)14/h4-9H,2-3H2,1H3,(H,16,17). The van der Waals surface area contributed by atoms with Crippen molar-refractivity contribution in [2.75, 3.05) is 11.0 Å². The summed E-state index contributed by atoms with van der Waals surface area (Å²) in [4.78, 5) is 11.0. The topological polar surface area (TPSA) is 79.6 Å².